The SMILES string of the molecule is Cc1cc(Nc2nc(Sc3ccc(NC(=O)C4CC4)cc3)nc(C(=O)NN3CCN(C)CC3)c2N)n[nH]1. The zero-order valence-corrected chi connectivity index (χ0v) is 21.6. The molecule has 12 nitrogen and oxygen atoms in total. The van der Waals surface area contributed by atoms with E-state index in [0.29, 0.717) is 29.9 Å². The molecule has 1 aliphatic carbocycles. The number of aromatic nitrogens is 4. The summed E-state index contributed by atoms with van der Waals surface area (Å²) in [5.41, 5.74) is 11.1. The number of H-pyrrole nitrogens is 1. The lowest BCUT2D eigenvalue weighted by Gasteiger charge is -2.32. The van der Waals surface area contributed by atoms with Crippen molar-refractivity contribution in [2.75, 3.05) is 49.6 Å². The predicted octanol–water partition coefficient (Wildman–Crippen LogP) is 2.23. The summed E-state index contributed by atoms with van der Waals surface area (Å²) < 4.78 is 0. The minimum absolute atomic E-state index is 0.0580. The summed E-state index contributed by atoms with van der Waals surface area (Å²) in [6, 6.07) is 9.24. The summed E-state index contributed by atoms with van der Waals surface area (Å²) in [5, 5.41) is 15.3. The number of likely N-dealkylation sites (N-methyl/N-ethyl adjacent to an activating group) is 1. The van der Waals surface area contributed by atoms with Gasteiger partial charge in [-0.05, 0) is 62.8 Å². The van der Waals surface area contributed by atoms with Gasteiger partial charge in [0.15, 0.2) is 22.5 Å². The van der Waals surface area contributed by atoms with E-state index in [1.807, 2.05) is 49.3 Å². The van der Waals surface area contributed by atoms with Crippen molar-refractivity contribution in [3.05, 3.63) is 41.7 Å². The Hall–Kier alpha value is -3.68. The van der Waals surface area contributed by atoms with E-state index in [1.165, 1.54) is 11.8 Å². The molecule has 3 heterocycles. The Morgan fingerprint density at radius 3 is 2.49 bits per heavy atom. The molecule has 0 bridgehead atoms. The molecule has 194 valence electrons. The normalized spacial score (nSPS) is 16.4. The number of hydrazine groups is 1. The Kier molecular flexibility index (Phi) is 7.26. The van der Waals surface area contributed by atoms with Gasteiger partial charge in [0.05, 0.1) is 0 Å². The highest BCUT2D eigenvalue weighted by Gasteiger charge is 2.29. The molecule has 3 aromatic rings. The molecule has 1 saturated heterocycles. The molecule has 0 radical (unpaired) electrons. The van der Waals surface area contributed by atoms with Crippen molar-refractivity contribution >= 4 is 46.6 Å². The van der Waals surface area contributed by atoms with Crippen molar-refractivity contribution in [2.24, 2.45) is 5.92 Å². The number of anilines is 4. The fourth-order valence-electron chi connectivity index (χ4n) is 3.78. The number of nitrogens with two attached hydrogens (primary N) is 1. The topological polar surface area (TPSA) is 157 Å². The average molecular weight is 523 g/mol. The first-order chi connectivity index (χ1) is 17.8. The van der Waals surface area contributed by atoms with Crippen LogP contribution in [0.2, 0.25) is 0 Å². The molecule has 1 aromatic carbocycles. The number of rotatable bonds is 8. The van der Waals surface area contributed by atoms with Gasteiger partial charge in [-0.1, -0.05) is 0 Å². The van der Waals surface area contributed by atoms with Crippen molar-refractivity contribution in [3.8, 4) is 0 Å². The molecular formula is C24H30N10O2S. The van der Waals surface area contributed by atoms with Crippen LogP contribution in [-0.4, -0.2) is 75.1 Å². The van der Waals surface area contributed by atoms with Gasteiger partial charge in [-0.2, -0.15) is 5.10 Å². The Morgan fingerprint density at radius 2 is 1.84 bits per heavy atom. The van der Waals surface area contributed by atoms with Gasteiger partial charge in [0.25, 0.3) is 5.91 Å². The summed E-state index contributed by atoms with van der Waals surface area (Å²) in [6.07, 6.45) is 1.90. The van der Waals surface area contributed by atoms with Crippen molar-refractivity contribution in [1.82, 2.24) is 35.5 Å². The molecule has 2 aromatic heterocycles. The monoisotopic (exact) mass is 522 g/mol. The van der Waals surface area contributed by atoms with Crippen LogP contribution in [-0.2, 0) is 4.79 Å². The third-order valence-electron chi connectivity index (χ3n) is 6.13. The lowest BCUT2D eigenvalue weighted by atomic mass is 10.3. The van der Waals surface area contributed by atoms with Crippen LogP contribution < -0.4 is 21.8 Å². The standard InChI is InChI=1S/C24H30N10O2S/c1-14-13-18(31-30-14)27-21-19(25)20(23(36)32-34-11-9-33(2)10-12-34)28-24(29-21)37-17-7-5-16(6-8-17)26-22(35)15-3-4-15/h5-8,13,15H,3-4,9-12,25H2,1-2H3,(H,26,35)(H,32,36)(H2,27,28,29,30,31). The summed E-state index contributed by atoms with van der Waals surface area (Å²) in [6.45, 7) is 4.99. The zero-order chi connectivity index (χ0) is 25.9. The van der Waals surface area contributed by atoms with Gasteiger partial charge in [0, 0.05) is 54.4 Å². The first-order valence-corrected chi connectivity index (χ1v) is 13.0. The van der Waals surface area contributed by atoms with Crippen LogP contribution in [0.1, 0.15) is 29.0 Å². The fraction of sp³-hybridized carbons (Fsp3) is 0.375. The van der Waals surface area contributed by atoms with E-state index in [2.05, 4.69) is 41.1 Å². The smallest absolute Gasteiger partial charge is 0.286 e. The van der Waals surface area contributed by atoms with Gasteiger partial charge in [0.2, 0.25) is 5.91 Å². The van der Waals surface area contributed by atoms with Gasteiger partial charge in [0.1, 0.15) is 5.69 Å². The van der Waals surface area contributed by atoms with Crippen molar-refractivity contribution in [1.29, 1.82) is 0 Å². The molecule has 1 saturated carbocycles. The van der Waals surface area contributed by atoms with Gasteiger partial charge in [-0.3, -0.25) is 20.1 Å². The Labute approximate surface area is 218 Å². The molecular weight excluding hydrogens is 492 g/mol. The maximum atomic E-state index is 13.2. The van der Waals surface area contributed by atoms with E-state index in [9.17, 15) is 9.59 Å². The molecule has 1 aliphatic heterocycles. The van der Waals surface area contributed by atoms with Gasteiger partial charge < -0.3 is 21.3 Å². The molecule has 0 atom stereocenters. The van der Waals surface area contributed by atoms with Crippen LogP contribution in [0.15, 0.2) is 40.4 Å². The second-order valence-corrected chi connectivity index (χ2v) is 10.3. The summed E-state index contributed by atoms with van der Waals surface area (Å²) in [5.74, 6) is 0.617. The molecule has 6 N–H and O–H groups in total. The first-order valence-electron chi connectivity index (χ1n) is 12.1. The minimum Gasteiger partial charge on any atom is -0.394 e. The Morgan fingerprint density at radius 1 is 1.11 bits per heavy atom. The number of hydrogen-bond acceptors (Lipinski definition) is 10. The highest BCUT2D eigenvalue weighted by atomic mass is 32.2. The molecule has 13 heteroatoms. The number of hydrogen-bond donors (Lipinski definition) is 5. The molecule has 2 fully saturated rings. The number of nitrogens with one attached hydrogen (secondary N) is 4. The largest absolute Gasteiger partial charge is 0.394 e. The summed E-state index contributed by atoms with van der Waals surface area (Å²) >= 11 is 1.29. The van der Waals surface area contributed by atoms with Gasteiger partial charge in [-0.25, -0.2) is 15.0 Å². The fourth-order valence-corrected chi connectivity index (χ4v) is 4.54. The second-order valence-electron chi connectivity index (χ2n) is 9.30. The lowest BCUT2D eigenvalue weighted by Crippen LogP contribution is -2.52. The summed E-state index contributed by atoms with van der Waals surface area (Å²) in [7, 11) is 2.05. The average Bonchev–Trinajstić information content (AvgIpc) is 3.65. The van der Waals surface area contributed by atoms with Crippen LogP contribution in [0.3, 0.4) is 0 Å². The molecule has 0 spiro atoms. The number of carbonyl (C=O) groups is 2. The van der Waals surface area contributed by atoms with Crippen LogP contribution in [0.4, 0.5) is 23.0 Å². The predicted molar refractivity (Wildman–Crippen MR) is 142 cm³/mol. The van der Waals surface area contributed by atoms with Crippen LogP contribution in [0, 0.1) is 12.8 Å². The van der Waals surface area contributed by atoms with Gasteiger partial charge in [-0.15, -0.1) is 0 Å². The van der Waals surface area contributed by atoms with Crippen LogP contribution >= 0.6 is 11.8 Å². The number of aryl methyl sites for hydroxylation is 1. The molecule has 2 amide bonds. The number of carbonyl (C=O) groups excluding carboxylic acids is 2. The molecule has 5 rings (SSSR count). The van der Waals surface area contributed by atoms with E-state index in [4.69, 9.17) is 5.73 Å². The van der Waals surface area contributed by atoms with Gasteiger partial charge >= 0.3 is 0 Å². The first kappa shape index (κ1) is 25.0. The van der Waals surface area contributed by atoms with E-state index >= 15 is 0 Å². The minimum atomic E-state index is -0.398. The van der Waals surface area contributed by atoms with E-state index < -0.39 is 5.91 Å². The van der Waals surface area contributed by atoms with E-state index in [-0.39, 0.29) is 23.2 Å². The number of nitrogen functional groups attached to an aromatic ring is 1. The second kappa shape index (κ2) is 10.7. The number of benzene rings is 1. The molecule has 37 heavy (non-hydrogen) atoms. The molecule has 2 aliphatic rings. The molecule has 0 unspecified atom stereocenters. The maximum absolute atomic E-state index is 13.2. The number of nitrogens with zero attached hydrogens (tertiary/aromatic N) is 5. The third-order valence-corrected chi connectivity index (χ3v) is 7.01. The number of aromatic amines is 1. The van der Waals surface area contributed by atoms with Crippen molar-refractivity contribution in [3.63, 3.8) is 0 Å². The van der Waals surface area contributed by atoms with Crippen LogP contribution in [0.5, 0.6) is 0 Å². The van der Waals surface area contributed by atoms with Crippen molar-refractivity contribution in [2.45, 2.75) is 29.8 Å². The quantitative estimate of drug-likeness (QED) is 0.278. The van der Waals surface area contributed by atoms with Crippen molar-refractivity contribution < 1.29 is 9.59 Å². The third kappa shape index (κ3) is 6.37. The summed E-state index contributed by atoms with van der Waals surface area (Å²) in [4.78, 5) is 37.3. The Bertz CT molecular complexity index is 1280. The Balaban J connectivity index is 1.36. The lowest BCUT2D eigenvalue weighted by molar-refractivity contribution is -0.117. The maximum Gasteiger partial charge on any atom is 0.286 e. The van der Waals surface area contributed by atoms with E-state index in [0.717, 1.165) is 42.2 Å². The highest BCUT2D eigenvalue weighted by molar-refractivity contribution is 7.99. The van der Waals surface area contributed by atoms with E-state index in [1.54, 1.807) is 0 Å². The number of piperazine rings is 1. The van der Waals surface area contributed by atoms with Crippen LogP contribution in [0.25, 0.3) is 0 Å². The highest BCUT2D eigenvalue weighted by Crippen LogP contribution is 2.32. The zero-order valence-electron chi connectivity index (χ0n) is 20.7. The number of amides is 2.